The quantitative estimate of drug-likeness (QED) is 0.788. The number of nitrogens with one attached hydrogen (secondary N) is 1. The fourth-order valence-corrected chi connectivity index (χ4v) is 3.98. The molecule has 128 valence electrons. The smallest absolute Gasteiger partial charge is 0.292 e. The number of nitriles is 2. The van der Waals surface area contributed by atoms with Crippen molar-refractivity contribution in [2.75, 3.05) is 19.5 Å². The predicted molar refractivity (Wildman–Crippen MR) is 88.0 cm³/mol. The number of methoxy groups -OCH3 is 2. The van der Waals surface area contributed by atoms with Crippen LogP contribution in [-0.2, 0) is 14.3 Å². The lowest BCUT2D eigenvalue weighted by atomic mass is 9.93. The van der Waals surface area contributed by atoms with Gasteiger partial charge in [-0.2, -0.15) is 10.5 Å². The lowest BCUT2D eigenvalue weighted by Gasteiger charge is -2.29. The highest BCUT2D eigenvalue weighted by atomic mass is 16.7. The molecule has 0 unspecified atom stereocenters. The maximum atomic E-state index is 11.1. The largest absolute Gasteiger partial charge is 0.386 e. The highest BCUT2D eigenvalue weighted by Gasteiger charge is 2.93. The van der Waals surface area contributed by atoms with Crippen LogP contribution in [0.2, 0.25) is 0 Å². The molecule has 1 aliphatic carbocycles. The minimum Gasteiger partial charge on any atom is -0.386 e. The summed E-state index contributed by atoms with van der Waals surface area (Å²) in [7, 11) is 2.73. The van der Waals surface area contributed by atoms with Gasteiger partial charge in [-0.3, -0.25) is 4.79 Å². The van der Waals surface area contributed by atoms with Gasteiger partial charge < -0.3 is 20.5 Å². The van der Waals surface area contributed by atoms with E-state index in [1.54, 1.807) is 24.3 Å². The fraction of sp³-hybridized carbons (Fsp3) is 0.412. The van der Waals surface area contributed by atoms with Crippen molar-refractivity contribution in [2.24, 2.45) is 21.6 Å². The number of rotatable bonds is 4. The van der Waals surface area contributed by atoms with Gasteiger partial charge in [-0.05, 0) is 17.7 Å². The van der Waals surface area contributed by atoms with Crippen LogP contribution in [0.4, 0.5) is 5.69 Å². The van der Waals surface area contributed by atoms with Gasteiger partial charge in [0.25, 0.3) is 5.91 Å². The first-order chi connectivity index (χ1) is 11.9. The summed E-state index contributed by atoms with van der Waals surface area (Å²) in [4.78, 5) is 15.3. The SMILES string of the molecule is COC1(OC)N=C(N)[C@]2(C#N)[C@@H](c3ccc(NC(C)=O)cc3)[C@@]12C#N. The molecule has 0 aromatic heterocycles. The number of amidine groups is 1. The lowest BCUT2D eigenvalue weighted by molar-refractivity contribution is -0.230. The van der Waals surface area contributed by atoms with Crippen molar-refractivity contribution >= 4 is 17.4 Å². The molecule has 3 atom stereocenters. The number of benzene rings is 1. The summed E-state index contributed by atoms with van der Waals surface area (Å²) in [6.07, 6.45) is 0. The average molecular weight is 339 g/mol. The maximum Gasteiger partial charge on any atom is 0.292 e. The van der Waals surface area contributed by atoms with Gasteiger partial charge in [0.2, 0.25) is 5.91 Å². The zero-order valence-electron chi connectivity index (χ0n) is 14.0. The zero-order valence-corrected chi connectivity index (χ0v) is 14.0. The van der Waals surface area contributed by atoms with Crippen molar-refractivity contribution in [3.05, 3.63) is 29.8 Å². The second kappa shape index (κ2) is 5.28. The van der Waals surface area contributed by atoms with E-state index in [1.165, 1.54) is 21.1 Å². The van der Waals surface area contributed by atoms with Gasteiger partial charge in [-0.15, -0.1) is 0 Å². The maximum absolute atomic E-state index is 11.1. The minimum absolute atomic E-state index is 0.0242. The molecule has 1 fully saturated rings. The van der Waals surface area contributed by atoms with E-state index >= 15 is 0 Å². The van der Waals surface area contributed by atoms with Crippen molar-refractivity contribution in [3.8, 4) is 12.1 Å². The molecule has 0 spiro atoms. The van der Waals surface area contributed by atoms with E-state index in [0.717, 1.165) is 0 Å². The Labute approximate surface area is 144 Å². The first kappa shape index (κ1) is 16.9. The monoisotopic (exact) mass is 339 g/mol. The summed E-state index contributed by atoms with van der Waals surface area (Å²) >= 11 is 0. The number of aliphatic imine (C=N–C) groups is 1. The molecule has 1 aromatic rings. The third-order valence-electron chi connectivity index (χ3n) is 5.05. The molecule has 2 aliphatic rings. The number of fused-ring (bicyclic) bond motifs is 1. The molecular weight excluding hydrogens is 322 g/mol. The number of amides is 1. The van der Waals surface area contributed by atoms with Crippen LogP contribution >= 0.6 is 0 Å². The summed E-state index contributed by atoms with van der Waals surface area (Å²) in [6, 6.07) is 11.3. The molecule has 25 heavy (non-hydrogen) atoms. The van der Waals surface area contributed by atoms with Crippen LogP contribution in [0.25, 0.3) is 0 Å². The molecule has 1 aliphatic heterocycles. The van der Waals surface area contributed by atoms with E-state index in [4.69, 9.17) is 15.2 Å². The Kier molecular flexibility index (Phi) is 3.57. The van der Waals surface area contributed by atoms with Crippen LogP contribution in [0.1, 0.15) is 18.4 Å². The van der Waals surface area contributed by atoms with E-state index in [2.05, 4.69) is 22.4 Å². The molecule has 8 nitrogen and oxygen atoms in total. The number of ether oxygens (including phenoxy) is 2. The van der Waals surface area contributed by atoms with Crippen molar-refractivity contribution < 1.29 is 14.3 Å². The molecule has 8 heteroatoms. The number of nitrogens with zero attached hydrogens (tertiary/aromatic N) is 3. The molecule has 0 saturated heterocycles. The number of carbonyl (C=O) groups is 1. The molecule has 1 saturated carbocycles. The fourth-order valence-electron chi connectivity index (χ4n) is 3.98. The van der Waals surface area contributed by atoms with Crippen LogP contribution in [0, 0.1) is 33.5 Å². The number of anilines is 1. The van der Waals surface area contributed by atoms with Gasteiger partial charge in [-0.25, -0.2) is 4.99 Å². The topological polar surface area (TPSA) is 134 Å². The third kappa shape index (κ3) is 1.75. The second-order valence-electron chi connectivity index (χ2n) is 6.06. The number of hydrogen-bond acceptors (Lipinski definition) is 7. The number of hydrogen-bond donors (Lipinski definition) is 2. The van der Waals surface area contributed by atoms with Crippen molar-refractivity contribution in [1.29, 1.82) is 10.5 Å². The Balaban J connectivity index is 2.10. The van der Waals surface area contributed by atoms with E-state index in [9.17, 15) is 15.3 Å². The van der Waals surface area contributed by atoms with Gasteiger partial charge in [-0.1, -0.05) is 12.1 Å². The molecule has 1 amide bonds. The van der Waals surface area contributed by atoms with Crippen molar-refractivity contribution in [1.82, 2.24) is 0 Å². The van der Waals surface area contributed by atoms with Crippen LogP contribution in [0.15, 0.2) is 29.3 Å². The number of nitrogens with two attached hydrogens (primary N) is 1. The Morgan fingerprint density at radius 3 is 2.28 bits per heavy atom. The average Bonchev–Trinajstić information content (AvgIpc) is 3.18. The molecular formula is C17H17N5O3. The van der Waals surface area contributed by atoms with Gasteiger partial charge in [0.05, 0.1) is 12.1 Å². The lowest BCUT2D eigenvalue weighted by Crippen LogP contribution is -2.41. The highest BCUT2D eigenvalue weighted by Crippen LogP contribution is 2.81. The molecule has 0 radical (unpaired) electrons. The molecule has 3 rings (SSSR count). The van der Waals surface area contributed by atoms with E-state index in [1.807, 2.05) is 0 Å². The van der Waals surface area contributed by atoms with Crippen LogP contribution in [-0.4, -0.2) is 31.9 Å². The second-order valence-corrected chi connectivity index (χ2v) is 6.06. The summed E-state index contributed by atoms with van der Waals surface area (Å²) in [5.41, 5.74) is 4.67. The number of carbonyl (C=O) groups excluding carboxylic acids is 1. The van der Waals surface area contributed by atoms with Gasteiger partial charge in [0.15, 0.2) is 5.41 Å². The van der Waals surface area contributed by atoms with E-state index in [0.29, 0.717) is 11.3 Å². The van der Waals surface area contributed by atoms with Crippen LogP contribution in [0.5, 0.6) is 0 Å². The Bertz CT molecular complexity index is 847. The van der Waals surface area contributed by atoms with Crippen molar-refractivity contribution in [2.45, 2.75) is 18.8 Å². The molecule has 1 aromatic carbocycles. The Morgan fingerprint density at radius 2 is 1.84 bits per heavy atom. The molecule has 3 N–H and O–H groups in total. The van der Waals surface area contributed by atoms with Gasteiger partial charge >= 0.3 is 0 Å². The third-order valence-corrected chi connectivity index (χ3v) is 5.05. The highest BCUT2D eigenvalue weighted by molar-refractivity contribution is 6.00. The summed E-state index contributed by atoms with van der Waals surface area (Å²) in [5.74, 6) is -2.36. The Hall–Kier alpha value is -2.94. The first-order valence-electron chi connectivity index (χ1n) is 7.55. The standard InChI is InChI=1S/C17H17N5O3/c1-10(23)21-12-6-4-11(5-7-12)13-15(8-18)14(20)22-17(24-2,25-3)16(13,15)9-19/h4-7,13H,1-3H3,(H2,20,22)(H,21,23)/t13-,15+,16-/m1/s1. The summed E-state index contributed by atoms with van der Waals surface area (Å²) in [6.45, 7) is 1.41. The predicted octanol–water partition coefficient (Wildman–Crippen LogP) is 1.08. The summed E-state index contributed by atoms with van der Waals surface area (Å²) in [5, 5.41) is 22.4. The van der Waals surface area contributed by atoms with Gasteiger partial charge in [0.1, 0.15) is 11.3 Å². The van der Waals surface area contributed by atoms with Gasteiger partial charge in [0, 0.05) is 32.7 Å². The van der Waals surface area contributed by atoms with Crippen LogP contribution in [0.3, 0.4) is 0 Å². The van der Waals surface area contributed by atoms with E-state index in [-0.39, 0.29) is 11.7 Å². The first-order valence-corrected chi connectivity index (χ1v) is 7.55. The molecule has 0 bridgehead atoms. The molecule has 1 heterocycles. The zero-order chi connectivity index (χ0) is 18.5. The van der Waals surface area contributed by atoms with E-state index < -0.39 is 22.7 Å². The minimum atomic E-state index is -1.64. The normalized spacial score (nSPS) is 31.2. The van der Waals surface area contributed by atoms with Crippen LogP contribution < -0.4 is 11.1 Å². The Morgan fingerprint density at radius 1 is 1.24 bits per heavy atom. The summed E-state index contributed by atoms with van der Waals surface area (Å²) < 4.78 is 10.8. The van der Waals surface area contributed by atoms with Crippen molar-refractivity contribution in [3.63, 3.8) is 0 Å².